The van der Waals surface area contributed by atoms with Gasteiger partial charge in [0.05, 0.1) is 0 Å². The van der Waals surface area contributed by atoms with Crippen LogP contribution in [0.25, 0.3) is 6.08 Å². The highest BCUT2D eigenvalue weighted by molar-refractivity contribution is 9.10. The number of rotatable bonds is 6. The molecule has 0 atom stereocenters. The molecule has 0 aliphatic heterocycles. The van der Waals surface area contributed by atoms with E-state index >= 15 is 0 Å². The number of ether oxygens (including phenoxy) is 1. The minimum absolute atomic E-state index is 0.0137. The van der Waals surface area contributed by atoms with Gasteiger partial charge in [0.1, 0.15) is 24.0 Å². The van der Waals surface area contributed by atoms with Crippen molar-refractivity contribution in [1.29, 1.82) is 5.26 Å². The van der Waals surface area contributed by atoms with Crippen LogP contribution in [0.15, 0.2) is 82.8 Å². The smallest absolute Gasteiger partial charge is 0.266 e. The molecule has 0 aromatic heterocycles. The lowest BCUT2D eigenvalue weighted by Gasteiger charge is -2.07. The largest absolute Gasteiger partial charge is 0.489 e. The Kier molecular flexibility index (Phi) is 7.07. The summed E-state index contributed by atoms with van der Waals surface area (Å²) >= 11 is 9.22. The molecule has 0 bridgehead atoms. The molecule has 0 heterocycles. The van der Waals surface area contributed by atoms with Crippen molar-refractivity contribution in [2.24, 2.45) is 0 Å². The number of benzene rings is 3. The molecule has 3 aromatic carbocycles. The highest BCUT2D eigenvalue weighted by Gasteiger charge is 2.10. The molecule has 0 fully saturated rings. The number of anilines is 1. The first-order chi connectivity index (χ1) is 14.0. The molecule has 0 aliphatic rings. The zero-order valence-corrected chi connectivity index (χ0v) is 17.6. The molecule has 29 heavy (non-hydrogen) atoms. The molecule has 6 heteroatoms. The summed E-state index contributed by atoms with van der Waals surface area (Å²) in [5.74, 6) is 0.225. The monoisotopic (exact) mass is 466 g/mol. The van der Waals surface area contributed by atoms with E-state index in [1.165, 1.54) is 6.08 Å². The number of carbonyl (C=O) groups excluding carboxylic acids is 1. The summed E-state index contributed by atoms with van der Waals surface area (Å²) in [6.45, 7) is 0.421. The van der Waals surface area contributed by atoms with Gasteiger partial charge in [-0.3, -0.25) is 4.79 Å². The van der Waals surface area contributed by atoms with E-state index in [1.54, 1.807) is 42.5 Å². The van der Waals surface area contributed by atoms with Crippen LogP contribution in [0.1, 0.15) is 11.1 Å². The van der Waals surface area contributed by atoms with Gasteiger partial charge in [-0.15, -0.1) is 0 Å². The SMILES string of the molecule is N#C/C(=C/c1ccc(OCc2ccc(Cl)cc2)cc1)C(=O)Nc1cccc(Br)c1. The number of hydrogen-bond donors (Lipinski definition) is 1. The predicted octanol–water partition coefficient (Wildman–Crippen LogP) is 6.23. The van der Waals surface area contributed by atoms with Crippen molar-refractivity contribution in [2.45, 2.75) is 6.61 Å². The Bertz CT molecular complexity index is 1070. The number of halogens is 2. The van der Waals surface area contributed by atoms with Crippen molar-refractivity contribution in [1.82, 2.24) is 0 Å². The molecule has 0 unspecified atom stereocenters. The van der Waals surface area contributed by atoms with Crippen LogP contribution in [0.2, 0.25) is 5.02 Å². The van der Waals surface area contributed by atoms with Gasteiger partial charge in [0.25, 0.3) is 5.91 Å². The fraction of sp³-hybridized carbons (Fsp3) is 0.0435. The first-order valence-corrected chi connectivity index (χ1v) is 9.86. The first-order valence-electron chi connectivity index (χ1n) is 8.69. The normalized spacial score (nSPS) is 10.9. The van der Waals surface area contributed by atoms with Crippen LogP contribution in [0.4, 0.5) is 5.69 Å². The van der Waals surface area contributed by atoms with Crippen LogP contribution >= 0.6 is 27.5 Å². The Morgan fingerprint density at radius 2 is 1.83 bits per heavy atom. The van der Waals surface area contributed by atoms with Crippen LogP contribution in [0.5, 0.6) is 5.75 Å². The maximum Gasteiger partial charge on any atom is 0.266 e. The van der Waals surface area contributed by atoms with E-state index in [4.69, 9.17) is 16.3 Å². The maximum absolute atomic E-state index is 12.4. The lowest BCUT2D eigenvalue weighted by Crippen LogP contribution is -2.13. The molecule has 0 aliphatic carbocycles. The van der Waals surface area contributed by atoms with Gasteiger partial charge in [-0.25, -0.2) is 0 Å². The first kappa shape index (κ1) is 20.7. The van der Waals surface area contributed by atoms with E-state index in [9.17, 15) is 10.1 Å². The summed E-state index contributed by atoms with van der Waals surface area (Å²) in [6.07, 6.45) is 1.54. The molecule has 4 nitrogen and oxygen atoms in total. The number of nitriles is 1. The number of hydrogen-bond acceptors (Lipinski definition) is 3. The van der Waals surface area contributed by atoms with Crippen molar-refractivity contribution in [3.63, 3.8) is 0 Å². The Morgan fingerprint density at radius 1 is 1.10 bits per heavy atom. The number of nitrogens with zero attached hydrogens (tertiary/aromatic N) is 1. The molecular formula is C23H16BrClN2O2. The average molecular weight is 468 g/mol. The third-order valence-corrected chi connectivity index (χ3v) is 4.70. The maximum atomic E-state index is 12.4. The second-order valence-corrected chi connectivity index (χ2v) is 7.47. The van der Waals surface area contributed by atoms with Crippen LogP contribution < -0.4 is 10.1 Å². The summed E-state index contributed by atoms with van der Waals surface area (Å²) in [5, 5.41) is 12.7. The molecule has 1 amide bonds. The van der Waals surface area contributed by atoms with E-state index in [1.807, 2.05) is 36.4 Å². The molecule has 0 radical (unpaired) electrons. The quantitative estimate of drug-likeness (QED) is 0.345. The Labute approximate surface area is 182 Å². The van der Waals surface area contributed by atoms with E-state index < -0.39 is 5.91 Å². The molecule has 3 rings (SSSR count). The van der Waals surface area contributed by atoms with Gasteiger partial charge in [-0.2, -0.15) is 5.26 Å². The predicted molar refractivity (Wildman–Crippen MR) is 119 cm³/mol. The second kappa shape index (κ2) is 9.92. The Balaban J connectivity index is 1.64. The van der Waals surface area contributed by atoms with Gasteiger partial charge in [0.15, 0.2) is 0 Å². The Morgan fingerprint density at radius 3 is 2.48 bits per heavy atom. The van der Waals surface area contributed by atoms with E-state index in [2.05, 4.69) is 21.2 Å². The molecule has 0 spiro atoms. The molecular weight excluding hydrogens is 452 g/mol. The summed E-state index contributed by atoms with van der Waals surface area (Å²) < 4.78 is 6.58. The Hall–Kier alpha value is -3.07. The fourth-order valence-electron chi connectivity index (χ4n) is 2.49. The summed E-state index contributed by atoms with van der Waals surface area (Å²) in [4.78, 5) is 12.4. The van der Waals surface area contributed by atoms with Crippen LogP contribution in [-0.2, 0) is 11.4 Å². The van der Waals surface area contributed by atoms with Crippen molar-refractivity contribution in [2.75, 3.05) is 5.32 Å². The van der Waals surface area contributed by atoms with Gasteiger partial charge in [0, 0.05) is 15.2 Å². The summed E-state index contributed by atoms with van der Waals surface area (Å²) in [6, 6.07) is 23.7. The minimum atomic E-state index is -0.464. The van der Waals surface area contributed by atoms with E-state index in [0.717, 1.165) is 15.6 Å². The van der Waals surface area contributed by atoms with Crippen LogP contribution in [-0.4, -0.2) is 5.91 Å². The number of carbonyl (C=O) groups is 1. The summed E-state index contributed by atoms with van der Waals surface area (Å²) in [5.41, 5.74) is 2.36. The van der Waals surface area contributed by atoms with Gasteiger partial charge >= 0.3 is 0 Å². The minimum Gasteiger partial charge on any atom is -0.489 e. The van der Waals surface area contributed by atoms with Crippen molar-refractivity contribution >= 4 is 45.2 Å². The second-order valence-electron chi connectivity index (χ2n) is 6.12. The molecule has 144 valence electrons. The number of nitrogens with one attached hydrogen (secondary N) is 1. The zero-order valence-electron chi connectivity index (χ0n) is 15.2. The third-order valence-electron chi connectivity index (χ3n) is 3.96. The van der Waals surface area contributed by atoms with Gasteiger partial charge in [0.2, 0.25) is 0 Å². The standard InChI is InChI=1S/C23H16BrClN2O2/c24-19-2-1-3-21(13-19)27-23(28)18(14-26)12-16-6-10-22(11-7-16)29-15-17-4-8-20(25)9-5-17/h1-13H,15H2,(H,27,28)/b18-12-. The molecule has 0 saturated carbocycles. The topological polar surface area (TPSA) is 62.1 Å². The van der Waals surface area contributed by atoms with Gasteiger partial charge < -0.3 is 10.1 Å². The average Bonchev–Trinajstić information content (AvgIpc) is 2.72. The van der Waals surface area contributed by atoms with Crippen molar-refractivity contribution < 1.29 is 9.53 Å². The van der Waals surface area contributed by atoms with E-state index in [-0.39, 0.29) is 5.57 Å². The number of amides is 1. The molecule has 0 saturated heterocycles. The van der Waals surface area contributed by atoms with Crippen LogP contribution in [0.3, 0.4) is 0 Å². The van der Waals surface area contributed by atoms with Crippen molar-refractivity contribution in [3.8, 4) is 11.8 Å². The highest BCUT2D eigenvalue weighted by atomic mass is 79.9. The fourth-order valence-corrected chi connectivity index (χ4v) is 3.01. The van der Waals surface area contributed by atoms with Crippen LogP contribution in [0, 0.1) is 11.3 Å². The lowest BCUT2D eigenvalue weighted by atomic mass is 10.1. The highest BCUT2D eigenvalue weighted by Crippen LogP contribution is 2.19. The molecule has 1 N–H and O–H groups in total. The van der Waals surface area contributed by atoms with Gasteiger partial charge in [-0.1, -0.05) is 57.9 Å². The molecule has 3 aromatic rings. The van der Waals surface area contributed by atoms with Gasteiger partial charge in [-0.05, 0) is 59.7 Å². The zero-order chi connectivity index (χ0) is 20.6. The van der Waals surface area contributed by atoms with Crippen molar-refractivity contribution in [3.05, 3.63) is 99.0 Å². The summed E-state index contributed by atoms with van der Waals surface area (Å²) in [7, 11) is 0. The van der Waals surface area contributed by atoms with E-state index in [0.29, 0.717) is 23.1 Å². The lowest BCUT2D eigenvalue weighted by molar-refractivity contribution is -0.112. The third kappa shape index (κ3) is 6.21.